The van der Waals surface area contributed by atoms with Crippen molar-refractivity contribution in [3.05, 3.63) is 36.0 Å². The Morgan fingerprint density at radius 1 is 1.29 bits per heavy atom. The summed E-state index contributed by atoms with van der Waals surface area (Å²) in [6.45, 7) is 4.31. The first kappa shape index (κ1) is 11.7. The quantitative estimate of drug-likeness (QED) is 0.878. The summed E-state index contributed by atoms with van der Waals surface area (Å²) >= 11 is 0. The van der Waals surface area contributed by atoms with Gasteiger partial charge in [-0.25, -0.2) is 4.98 Å². The number of hydrogen-bond donors (Lipinski definition) is 1. The van der Waals surface area contributed by atoms with Gasteiger partial charge in [0.15, 0.2) is 0 Å². The number of nitrogens with zero attached hydrogens (tertiary/aromatic N) is 2. The monoisotopic (exact) mass is 229 g/mol. The molecule has 0 bridgehead atoms. The fraction of sp³-hybridized carbons (Fsp3) is 0.357. The van der Waals surface area contributed by atoms with Crippen molar-refractivity contribution < 1.29 is 0 Å². The van der Waals surface area contributed by atoms with Gasteiger partial charge in [0.2, 0.25) is 0 Å². The number of nitrogens with two attached hydrogens (primary N) is 1. The third-order valence-electron chi connectivity index (χ3n) is 3.28. The number of imidazole rings is 1. The van der Waals surface area contributed by atoms with Crippen LogP contribution in [0.4, 0.5) is 5.82 Å². The predicted molar refractivity (Wildman–Crippen MR) is 71.8 cm³/mol. The fourth-order valence-electron chi connectivity index (χ4n) is 1.93. The van der Waals surface area contributed by atoms with Gasteiger partial charge in [-0.05, 0) is 6.42 Å². The minimum atomic E-state index is 0.402. The molecule has 17 heavy (non-hydrogen) atoms. The molecule has 1 heterocycles. The Labute approximate surface area is 102 Å². The smallest absolute Gasteiger partial charge is 0.141 e. The molecule has 3 nitrogen and oxygen atoms in total. The van der Waals surface area contributed by atoms with E-state index in [9.17, 15) is 0 Å². The van der Waals surface area contributed by atoms with Crippen molar-refractivity contribution in [2.45, 2.75) is 26.2 Å². The Kier molecular flexibility index (Phi) is 3.18. The molecule has 3 heteroatoms. The lowest BCUT2D eigenvalue weighted by Crippen LogP contribution is -2.01. The molecule has 0 fully saturated rings. The average Bonchev–Trinajstić information content (AvgIpc) is 2.67. The molecule has 0 radical (unpaired) electrons. The topological polar surface area (TPSA) is 43.8 Å². The zero-order valence-corrected chi connectivity index (χ0v) is 10.6. The Hall–Kier alpha value is -1.77. The van der Waals surface area contributed by atoms with E-state index in [1.54, 1.807) is 0 Å². The maximum Gasteiger partial charge on any atom is 0.141 e. The van der Waals surface area contributed by atoms with Gasteiger partial charge in [0, 0.05) is 18.5 Å². The van der Waals surface area contributed by atoms with Crippen molar-refractivity contribution >= 4 is 5.82 Å². The van der Waals surface area contributed by atoms with Crippen LogP contribution in [-0.4, -0.2) is 9.55 Å². The standard InChI is InChI=1S/C14H19N3/c1-4-10(2)12-13(15)17(3)14(16-12)11-8-6-5-7-9-11/h5-10H,4,15H2,1-3H3. The van der Waals surface area contributed by atoms with E-state index in [0.717, 1.165) is 29.3 Å². The van der Waals surface area contributed by atoms with Gasteiger partial charge in [-0.1, -0.05) is 44.2 Å². The first-order valence-electron chi connectivity index (χ1n) is 6.02. The van der Waals surface area contributed by atoms with Crippen LogP contribution in [0.3, 0.4) is 0 Å². The Bertz CT molecular complexity index is 500. The zero-order valence-electron chi connectivity index (χ0n) is 10.6. The Morgan fingerprint density at radius 3 is 2.53 bits per heavy atom. The maximum atomic E-state index is 6.12. The molecule has 1 aromatic carbocycles. The fourth-order valence-corrected chi connectivity index (χ4v) is 1.93. The average molecular weight is 229 g/mol. The number of anilines is 1. The van der Waals surface area contributed by atoms with Crippen molar-refractivity contribution in [3.8, 4) is 11.4 Å². The van der Waals surface area contributed by atoms with E-state index < -0.39 is 0 Å². The summed E-state index contributed by atoms with van der Waals surface area (Å²) in [7, 11) is 1.97. The van der Waals surface area contributed by atoms with E-state index in [-0.39, 0.29) is 0 Å². The van der Waals surface area contributed by atoms with Crippen LogP contribution in [0.1, 0.15) is 31.9 Å². The highest BCUT2D eigenvalue weighted by molar-refractivity contribution is 5.60. The molecule has 1 aromatic heterocycles. The number of rotatable bonds is 3. The number of aromatic nitrogens is 2. The van der Waals surface area contributed by atoms with Crippen LogP contribution in [0.15, 0.2) is 30.3 Å². The summed E-state index contributed by atoms with van der Waals surface area (Å²) in [5.41, 5.74) is 8.23. The van der Waals surface area contributed by atoms with Crippen molar-refractivity contribution in [2.24, 2.45) is 7.05 Å². The minimum absolute atomic E-state index is 0.402. The third kappa shape index (κ3) is 2.05. The van der Waals surface area contributed by atoms with E-state index in [1.165, 1.54) is 0 Å². The summed E-state index contributed by atoms with van der Waals surface area (Å²) in [4.78, 5) is 4.69. The van der Waals surface area contributed by atoms with Crippen molar-refractivity contribution in [2.75, 3.05) is 5.73 Å². The van der Waals surface area contributed by atoms with Gasteiger partial charge in [-0.2, -0.15) is 0 Å². The highest BCUT2D eigenvalue weighted by atomic mass is 15.1. The summed E-state index contributed by atoms with van der Waals surface area (Å²) in [6.07, 6.45) is 1.05. The second-order valence-corrected chi connectivity index (χ2v) is 4.44. The summed E-state index contributed by atoms with van der Waals surface area (Å²) in [6, 6.07) is 10.2. The first-order chi connectivity index (χ1) is 8.15. The molecule has 2 rings (SSSR count). The van der Waals surface area contributed by atoms with Crippen molar-refractivity contribution in [3.63, 3.8) is 0 Å². The van der Waals surface area contributed by atoms with Crippen LogP contribution in [-0.2, 0) is 7.05 Å². The number of nitrogen functional groups attached to an aromatic ring is 1. The van der Waals surface area contributed by atoms with E-state index in [2.05, 4.69) is 31.0 Å². The molecule has 2 aromatic rings. The van der Waals surface area contributed by atoms with Gasteiger partial charge >= 0.3 is 0 Å². The normalized spacial score (nSPS) is 12.6. The SMILES string of the molecule is CCC(C)c1nc(-c2ccccc2)n(C)c1N. The van der Waals surface area contributed by atoms with Crippen molar-refractivity contribution in [1.29, 1.82) is 0 Å². The minimum Gasteiger partial charge on any atom is -0.384 e. The Morgan fingerprint density at radius 2 is 1.94 bits per heavy atom. The lowest BCUT2D eigenvalue weighted by Gasteiger charge is -2.05. The molecule has 0 aliphatic rings. The summed E-state index contributed by atoms with van der Waals surface area (Å²) in [5, 5.41) is 0. The second-order valence-electron chi connectivity index (χ2n) is 4.44. The van der Waals surface area contributed by atoms with Crippen LogP contribution in [0.2, 0.25) is 0 Å². The lowest BCUT2D eigenvalue weighted by atomic mass is 10.1. The van der Waals surface area contributed by atoms with Gasteiger partial charge in [0.1, 0.15) is 11.6 Å². The van der Waals surface area contributed by atoms with E-state index in [4.69, 9.17) is 5.73 Å². The molecule has 0 spiro atoms. The maximum absolute atomic E-state index is 6.12. The highest BCUT2D eigenvalue weighted by Crippen LogP contribution is 2.28. The molecule has 0 saturated carbocycles. The summed E-state index contributed by atoms with van der Waals surface area (Å²) in [5.74, 6) is 2.12. The molecule has 1 unspecified atom stereocenters. The third-order valence-corrected chi connectivity index (χ3v) is 3.28. The van der Waals surface area contributed by atoms with Crippen LogP contribution in [0, 0.1) is 0 Å². The van der Waals surface area contributed by atoms with Crippen LogP contribution in [0.5, 0.6) is 0 Å². The van der Waals surface area contributed by atoms with E-state index >= 15 is 0 Å². The van der Waals surface area contributed by atoms with E-state index in [1.807, 2.05) is 29.8 Å². The first-order valence-corrected chi connectivity index (χ1v) is 6.02. The molecule has 1 atom stereocenters. The molecule has 0 amide bonds. The number of hydrogen-bond acceptors (Lipinski definition) is 2. The lowest BCUT2D eigenvalue weighted by molar-refractivity contribution is 0.715. The van der Waals surface area contributed by atoms with Crippen LogP contribution < -0.4 is 5.73 Å². The molecule has 0 saturated heterocycles. The van der Waals surface area contributed by atoms with Gasteiger partial charge in [-0.15, -0.1) is 0 Å². The number of benzene rings is 1. The molecule has 2 N–H and O–H groups in total. The van der Waals surface area contributed by atoms with Gasteiger partial charge in [0.05, 0.1) is 5.69 Å². The van der Waals surface area contributed by atoms with Gasteiger partial charge < -0.3 is 10.3 Å². The van der Waals surface area contributed by atoms with Crippen molar-refractivity contribution in [1.82, 2.24) is 9.55 Å². The molecule has 0 aliphatic heterocycles. The zero-order chi connectivity index (χ0) is 12.4. The molecule has 0 aliphatic carbocycles. The van der Waals surface area contributed by atoms with Gasteiger partial charge in [0.25, 0.3) is 0 Å². The van der Waals surface area contributed by atoms with Gasteiger partial charge in [-0.3, -0.25) is 0 Å². The highest BCUT2D eigenvalue weighted by Gasteiger charge is 2.17. The molecular formula is C14H19N3. The largest absolute Gasteiger partial charge is 0.384 e. The molecular weight excluding hydrogens is 210 g/mol. The second kappa shape index (κ2) is 4.62. The predicted octanol–water partition coefficient (Wildman–Crippen LogP) is 3.18. The Balaban J connectivity index is 2.50. The van der Waals surface area contributed by atoms with E-state index in [0.29, 0.717) is 5.92 Å². The van der Waals surface area contributed by atoms with Crippen LogP contribution in [0.25, 0.3) is 11.4 Å². The van der Waals surface area contributed by atoms with Crippen LogP contribution >= 0.6 is 0 Å². The molecule has 90 valence electrons. The summed E-state index contributed by atoms with van der Waals surface area (Å²) < 4.78 is 1.97.